The standard InChI is InChI=1S/C6H14N2.C3H7N.C2H6/c1-7-3-5-8(2)6-4-7;1-2-4-3-1;1-2/h3-6H2,1-2H3;4H,1-3H2;1-2H3. The Kier molecular flexibility index (Phi) is 9.35. The van der Waals surface area contributed by atoms with E-state index < -0.39 is 0 Å². The van der Waals surface area contributed by atoms with E-state index in [0.717, 1.165) is 0 Å². The van der Waals surface area contributed by atoms with Crippen molar-refractivity contribution in [2.75, 3.05) is 53.4 Å². The van der Waals surface area contributed by atoms with Crippen molar-refractivity contribution in [3.8, 4) is 0 Å². The molecule has 2 rings (SSSR count). The molecular weight excluding hydrogens is 174 g/mol. The van der Waals surface area contributed by atoms with Crippen LogP contribution in [0.2, 0.25) is 0 Å². The molecule has 2 heterocycles. The van der Waals surface area contributed by atoms with Gasteiger partial charge in [-0.25, -0.2) is 0 Å². The molecule has 0 atom stereocenters. The Hall–Kier alpha value is -0.120. The molecular formula is C11H27N3. The second-order valence-corrected chi connectivity index (χ2v) is 3.71. The second kappa shape index (κ2) is 9.44. The van der Waals surface area contributed by atoms with Crippen molar-refractivity contribution in [3.63, 3.8) is 0 Å². The first-order valence-corrected chi connectivity index (χ1v) is 5.87. The van der Waals surface area contributed by atoms with Crippen LogP contribution in [-0.4, -0.2) is 63.2 Å². The number of nitrogens with one attached hydrogen (secondary N) is 1. The SMILES string of the molecule is C1CNC1.CC.CN1CCN(C)CC1. The van der Waals surface area contributed by atoms with E-state index in [1.165, 1.54) is 45.7 Å². The Balaban J connectivity index is 0.000000236. The molecule has 2 aliphatic rings. The third-order valence-corrected chi connectivity index (χ3v) is 2.43. The van der Waals surface area contributed by atoms with Crippen LogP contribution in [0.25, 0.3) is 0 Å². The molecule has 0 spiro atoms. The minimum atomic E-state index is 1.23. The van der Waals surface area contributed by atoms with Crippen molar-refractivity contribution >= 4 is 0 Å². The highest BCUT2D eigenvalue weighted by Crippen LogP contribution is 1.93. The van der Waals surface area contributed by atoms with E-state index in [4.69, 9.17) is 0 Å². The lowest BCUT2D eigenvalue weighted by molar-refractivity contribution is 0.181. The summed E-state index contributed by atoms with van der Waals surface area (Å²) in [6.07, 6.45) is 1.39. The largest absolute Gasteiger partial charge is 0.317 e. The molecule has 2 saturated heterocycles. The van der Waals surface area contributed by atoms with Gasteiger partial charge in [-0.05, 0) is 33.6 Å². The third-order valence-electron chi connectivity index (χ3n) is 2.43. The normalized spacial score (nSPS) is 22.3. The first kappa shape index (κ1) is 13.9. The van der Waals surface area contributed by atoms with E-state index in [-0.39, 0.29) is 0 Å². The average molecular weight is 201 g/mol. The van der Waals surface area contributed by atoms with Gasteiger partial charge in [-0.3, -0.25) is 0 Å². The Morgan fingerprint density at radius 1 is 0.786 bits per heavy atom. The van der Waals surface area contributed by atoms with Crippen LogP contribution in [0.15, 0.2) is 0 Å². The van der Waals surface area contributed by atoms with E-state index in [2.05, 4.69) is 29.2 Å². The maximum atomic E-state index is 3.11. The van der Waals surface area contributed by atoms with Crippen LogP contribution in [0.1, 0.15) is 20.3 Å². The summed E-state index contributed by atoms with van der Waals surface area (Å²) < 4.78 is 0. The topological polar surface area (TPSA) is 18.5 Å². The van der Waals surface area contributed by atoms with Crippen LogP contribution in [0.5, 0.6) is 0 Å². The van der Waals surface area contributed by atoms with Crippen molar-refractivity contribution in [1.29, 1.82) is 0 Å². The molecule has 86 valence electrons. The number of nitrogens with zero attached hydrogens (tertiary/aromatic N) is 2. The van der Waals surface area contributed by atoms with Crippen molar-refractivity contribution in [3.05, 3.63) is 0 Å². The first-order valence-electron chi connectivity index (χ1n) is 5.87. The fourth-order valence-corrected chi connectivity index (χ4v) is 1.08. The average Bonchev–Trinajstić information content (AvgIpc) is 2.11. The van der Waals surface area contributed by atoms with Gasteiger partial charge in [0, 0.05) is 26.2 Å². The van der Waals surface area contributed by atoms with Gasteiger partial charge in [-0.1, -0.05) is 13.8 Å². The zero-order valence-corrected chi connectivity index (χ0v) is 10.3. The zero-order chi connectivity index (χ0) is 10.8. The molecule has 0 radical (unpaired) electrons. The number of hydrogen-bond donors (Lipinski definition) is 1. The zero-order valence-electron chi connectivity index (χ0n) is 10.3. The van der Waals surface area contributed by atoms with E-state index in [0.29, 0.717) is 0 Å². The van der Waals surface area contributed by atoms with Crippen molar-refractivity contribution < 1.29 is 0 Å². The Bertz CT molecular complexity index is 91.1. The molecule has 0 bridgehead atoms. The third kappa shape index (κ3) is 7.30. The Labute approximate surface area is 89.5 Å². The summed E-state index contributed by atoms with van der Waals surface area (Å²) in [4.78, 5) is 4.72. The van der Waals surface area contributed by atoms with Gasteiger partial charge in [0.1, 0.15) is 0 Å². The molecule has 2 fully saturated rings. The molecule has 0 unspecified atom stereocenters. The minimum Gasteiger partial charge on any atom is -0.317 e. The summed E-state index contributed by atoms with van der Waals surface area (Å²) in [6, 6.07) is 0. The van der Waals surface area contributed by atoms with Crippen LogP contribution in [0.3, 0.4) is 0 Å². The molecule has 3 heteroatoms. The number of likely N-dealkylation sites (N-methyl/N-ethyl adjacent to an activating group) is 2. The van der Waals surface area contributed by atoms with Gasteiger partial charge >= 0.3 is 0 Å². The lowest BCUT2D eigenvalue weighted by Crippen LogP contribution is -2.42. The number of hydrogen-bond acceptors (Lipinski definition) is 3. The summed E-state index contributed by atoms with van der Waals surface area (Å²) in [5, 5.41) is 3.11. The molecule has 2 aliphatic heterocycles. The van der Waals surface area contributed by atoms with Crippen LogP contribution in [-0.2, 0) is 0 Å². The van der Waals surface area contributed by atoms with E-state index in [1.54, 1.807) is 0 Å². The van der Waals surface area contributed by atoms with Crippen LogP contribution >= 0.6 is 0 Å². The quantitative estimate of drug-likeness (QED) is 0.627. The fourth-order valence-electron chi connectivity index (χ4n) is 1.08. The van der Waals surface area contributed by atoms with Gasteiger partial charge in [0.15, 0.2) is 0 Å². The highest BCUT2D eigenvalue weighted by atomic mass is 15.2. The molecule has 3 nitrogen and oxygen atoms in total. The van der Waals surface area contributed by atoms with Gasteiger partial charge < -0.3 is 15.1 Å². The minimum absolute atomic E-state index is 1.23. The summed E-state index contributed by atoms with van der Waals surface area (Å²) in [7, 11) is 4.35. The summed E-state index contributed by atoms with van der Waals surface area (Å²) in [5.41, 5.74) is 0. The molecule has 0 aliphatic carbocycles. The van der Waals surface area contributed by atoms with Gasteiger partial charge in [0.2, 0.25) is 0 Å². The fraction of sp³-hybridized carbons (Fsp3) is 1.00. The maximum Gasteiger partial charge on any atom is 0.0107 e. The molecule has 14 heavy (non-hydrogen) atoms. The number of piperazine rings is 1. The molecule has 0 amide bonds. The number of rotatable bonds is 0. The molecule has 1 N–H and O–H groups in total. The Morgan fingerprint density at radius 2 is 1.00 bits per heavy atom. The predicted octanol–water partition coefficient (Wildman–Crippen LogP) is 0.870. The van der Waals surface area contributed by atoms with Gasteiger partial charge in [0.05, 0.1) is 0 Å². The van der Waals surface area contributed by atoms with Crippen LogP contribution < -0.4 is 5.32 Å². The molecule has 0 saturated carbocycles. The van der Waals surface area contributed by atoms with Gasteiger partial charge in [0.25, 0.3) is 0 Å². The van der Waals surface area contributed by atoms with Gasteiger partial charge in [-0.2, -0.15) is 0 Å². The van der Waals surface area contributed by atoms with Crippen molar-refractivity contribution in [1.82, 2.24) is 15.1 Å². The summed E-state index contributed by atoms with van der Waals surface area (Å²) in [6.45, 7) is 11.4. The predicted molar refractivity (Wildman–Crippen MR) is 63.8 cm³/mol. The second-order valence-electron chi connectivity index (χ2n) is 3.71. The Morgan fingerprint density at radius 3 is 1.14 bits per heavy atom. The summed E-state index contributed by atoms with van der Waals surface area (Å²) in [5.74, 6) is 0. The monoisotopic (exact) mass is 201 g/mol. The first-order chi connectivity index (χ1) is 6.79. The van der Waals surface area contributed by atoms with Crippen LogP contribution in [0, 0.1) is 0 Å². The molecule has 0 aromatic carbocycles. The van der Waals surface area contributed by atoms with Crippen molar-refractivity contribution in [2.45, 2.75) is 20.3 Å². The van der Waals surface area contributed by atoms with Gasteiger partial charge in [-0.15, -0.1) is 0 Å². The highest BCUT2D eigenvalue weighted by Gasteiger charge is 2.07. The van der Waals surface area contributed by atoms with Crippen LogP contribution in [0.4, 0.5) is 0 Å². The van der Waals surface area contributed by atoms with Crippen molar-refractivity contribution in [2.24, 2.45) is 0 Å². The van der Waals surface area contributed by atoms with E-state index >= 15 is 0 Å². The highest BCUT2D eigenvalue weighted by molar-refractivity contribution is 4.64. The molecule has 0 aromatic heterocycles. The van der Waals surface area contributed by atoms with E-state index in [9.17, 15) is 0 Å². The van der Waals surface area contributed by atoms with E-state index in [1.807, 2.05) is 13.8 Å². The maximum absolute atomic E-state index is 3.11. The lowest BCUT2D eigenvalue weighted by atomic mass is 10.3. The summed E-state index contributed by atoms with van der Waals surface area (Å²) >= 11 is 0. The lowest BCUT2D eigenvalue weighted by Gasteiger charge is -2.28. The molecule has 0 aromatic rings. The smallest absolute Gasteiger partial charge is 0.0107 e.